The fourth-order valence-electron chi connectivity index (χ4n) is 2.85. The standard InChI is InChI=1S/C18H10N2O4/c21-15-10-6-2-1-5-9(10)13-14(15)20-17(19-13)16(22)11-7-3-4-8-12(11)18(23)24/h1-8H,(H,19,20)(H,23,24)/p-1. The fourth-order valence-corrected chi connectivity index (χ4v) is 2.85. The summed E-state index contributed by atoms with van der Waals surface area (Å²) in [6.07, 6.45) is 0. The Balaban J connectivity index is 1.82. The Bertz CT molecular complexity index is 1030. The van der Waals surface area contributed by atoms with E-state index in [9.17, 15) is 19.5 Å². The first-order chi connectivity index (χ1) is 11.6. The van der Waals surface area contributed by atoms with Crippen LogP contribution in [0.4, 0.5) is 0 Å². The molecule has 1 heterocycles. The van der Waals surface area contributed by atoms with Gasteiger partial charge in [-0.3, -0.25) is 9.59 Å². The van der Waals surface area contributed by atoms with E-state index >= 15 is 0 Å². The first-order valence-corrected chi connectivity index (χ1v) is 7.17. The van der Waals surface area contributed by atoms with Crippen molar-refractivity contribution in [2.45, 2.75) is 0 Å². The van der Waals surface area contributed by atoms with Crippen molar-refractivity contribution in [3.8, 4) is 11.3 Å². The van der Waals surface area contributed by atoms with Gasteiger partial charge in [-0.25, -0.2) is 4.98 Å². The van der Waals surface area contributed by atoms with Crippen LogP contribution in [0, 0.1) is 0 Å². The van der Waals surface area contributed by atoms with Crippen molar-refractivity contribution >= 4 is 17.5 Å². The number of carbonyl (C=O) groups is 3. The minimum atomic E-state index is -1.44. The number of carboxylic acids is 1. The van der Waals surface area contributed by atoms with E-state index in [1.807, 2.05) is 0 Å². The van der Waals surface area contributed by atoms with Crippen molar-refractivity contribution in [2.24, 2.45) is 0 Å². The van der Waals surface area contributed by atoms with E-state index in [-0.39, 0.29) is 28.4 Å². The third-order valence-corrected chi connectivity index (χ3v) is 3.96. The zero-order valence-corrected chi connectivity index (χ0v) is 12.2. The molecule has 6 heteroatoms. The predicted molar refractivity (Wildman–Crippen MR) is 81.7 cm³/mol. The third kappa shape index (κ3) is 1.90. The predicted octanol–water partition coefficient (Wildman–Crippen LogP) is 1.22. The number of H-pyrrole nitrogens is 1. The number of aromatic amines is 1. The van der Waals surface area contributed by atoms with Gasteiger partial charge < -0.3 is 14.9 Å². The Hall–Kier alpha value is -3.54. The number of nitrogens with zero attached hydrogens (tertiary/aromatic N) is 1. The average Bonchev–Trinajstić information content (AvgIpc) is 3.14. The zero-order valence-electron chi connectivity index (χ0n) is 12.2. The normalized spacial score (nSPS) is 11.9. The second-order valence-electron chi connectivity index (χ2n) is 5.35. The number of aromatic carboxylic acids is 1. The quantitative estimate of drug-likeness (QED) is 0.572. The lowest BCUT2D eigenvalue weighted by Gasteiger charge is -2.07. The fraction of sp³-hybridized carbons (Fsp3) is 0. The summed E-state index contributed by atoms with van der Waals surface area (Å²) in [5.41, 5.74) is 1.58. The van der Waals surface area contributed by atoms with Crippen LogP contribution in [0.15, 0.2) is 48.5 Å². The summed E-state index contributed by atoms with van der Waals surface area (Å²) >= 11 is 0. The minimum absolute atomic E-state index is 0.0364. The van der Waals surface area contributed by atoms with Gasteiger partial charge in [-0.1, -0.05) is 48.5 Å². The van der Waals surface area contributed by atoms with Crippen molar-refractivity contribution in [1.29, 1.82) is 0 Å². The second kappa shape index (κ2) is 4.99. The SMILES string of the molecule is O=C([O-])c1ccccc1C(=O)c1nc2c([nH]1)C(=O)c1ccccc1-2. The first kappa shape index (κ1) is 14.1. The molecule has 1 N–H and O–H groups in total. The van der Waals surface area contributed by atoms with E-state index in [1.54, 1.807) is 30.3 Å². The Morgan fingerprint density at radius 2 is 1.54 bits per heavy atom. The molecule has 1 aliphatic rings. The molecule has 0 aliphatic heterocycles. The average molecular weight is 317 g/mol. The maximum atomic E-state index is 12.6. The van der Waals surface area contributed by atoms with Crippen LogP contribution in [0.2, 0.25) is 0 Å². The number of fused-ring (bicyclic) bond motifs is 3. The maximum Gasteiger partial charge on any atom is 0.228 e. The lowest BCUT2D eigenvalue weighted by molar-refractivity contribution is -0.255. The topological polar surface area (TPSA) is 103 Å². The largest absolute Gasteiger partial charge is 0.545 e. The van der Waals surface area contributed by atoms with Crippen LogP contribution in [0.1, 0.15) is 42.6 Å². The van der Waals surface area contributed by atoms with Crippen molar-refractivity contribution in [1.82, 2.24) is 9.97 Å². The lowest BCUT2D eigenvalue weighted by atomic mass is 10.0. The summed E-state index contributed by atoms with van der Waals surface area (Å²) in [5.74, 6) is -2.36. The molecule has 116 valence electrons. The van der Waals surface area contributed by atoms with Gasteiger partial charge in [0.05, 0.1) is 5.97 Å². The monoisotopic (exact) mass is 317 g/mol. The molecule has 0 bridgehead atoms. The molecule has 3 aromatic rings. The van der Waals surface area contributed by atoms with Gasteiger partial charge in [-0.2, -0.15) is 0 Å². The molecule has 2 aromatic carbocycles. The summed E-state index contributed by atoms with van der Waals surface area (Å²) < 4.78 is 0. The van der Waals surface area contributed by atoms with Gasteiger partial charge in [0.25, 0.3) is 0 Å². The summed E-state index contributed by atoms with van der Waals surface area (Å²) in [6, 6.07) is 12.7. The van der Waals surface area contributed by atoms with Crippen molar-refractivity contribution < 1.29 is 19.5 Å². The van der Waals surface area contributed by atoms with Crippen LogP contribution >= 0.6 is 0 Å². The molecule has 0 saturated carbocycles. The molecule has 4 rings (SSSR count). The minimum Gasteiger partial charge on any atom is -0.545 e. The van der Waals surface area contributed by atoms with Crippen LogP contribution in [-0.4, -0.2) is 27.5 Å². The van der Waals surface area contributed by atoms with E-state index in [0.29, 0.717) is 16.8 Å². The summed E-state index contributed by atoms with van der Waals surface area (Å²) in [4.78, 5) is 43.1. The van der Waals surface area contributed by atoms with Crippen molar-refractivity contribution in [3.63, 3.8) is 0 Å². The molecule has 0 fully saturated rings. The highest BCUT2D eigenvalue weighted by atomic mass is 16.4. The van der Waals surface area contributed by atoms with Gasteiger partial charge in [0.2, 0.25) is 11.6 Å². The number of benzene rings is 2. The van der Waals surface area contributed by atoms with E-state index in [1.165, 1.54) is 18.2 Å². The molecule has 0 atom stereocenters. The summed E-state index contributed by atoms with van der Waals surface area (Å²) in [5, 5.41) is 11.2. The lowest BCUT2D eigenvalue weighted by Crippen LogP contribution is -2.25. The summed E-state index contributed by atoms with van der Waals surface area (Å²) in [7, 11) is 0. The highest BCUT2D eigenvalue weighted by Gasteiger charge is 2.32. The maximum absolute atomic E-state index is 12.6. The molecule has 0 amide bonds. The number of carbonyl (C=O) groups excluding carboxylic acids is 3. The van der Waals surface area contributed by atoms with E-state index in [0.717, 1.165) is 0 Å². The highest BCUT2D eigenvalue weighted by Crippen LogP contribution is 2.34. The number of rotatable bonds is 3. The van der Waals surface area contributed by atoms with Gasteiger partial charge >= 0.3 is 0 Å². The van der Waals surface area contributed by atoms with Crippen LogP contribution in [-0.2, 0) is 0 Å². The van der Waals surface area contributed by atoms with Gasteiger partial charge in [-0.15, -0.1) is 0 Å². The number of aromatic nitrogens is 2. The molecular formula is C18H9N2O4-. The number of imidazole rings is 1. The van der Waals surface area contributed by atoms with Crippen molar-refractivity contribution in [2.75, 3.05) is 0 Å². The molecule has 0 spiro atoms. The number of ketones is 2. The van der Waals surface area contributed by atoms with E-state index < -0.39 is 11.8 Å². The van der Waals surface area contributed by atoms with Gasteiger partial charge in [0.15, 0.2) is 5.82 Å². The highest BCUT2D eigenvalue weighted by molar-refractivity contribution is 6.21. The van der Waals surface area contributed by atoms with E-state index in [2.05, 4.69) is 9.97 Å². The van der Waals surface area contributed by atoms with Gasteiger partial charge in [0, 0.05) is 22.3 Å². The first-order valence-electron chi connectivity index (χ1n) is 7.17. The molecule has 0 radical (unpaired) electrons. The molecule has 1 aromatic heterocycles. The Morgan fingerprint density at radius 3 is 2.25 bits per heavy atom. The number of carboxylic acid groups (broad SMARTS) is 1. The molecule has 1 aliphatic carbocycles. The number of hydrogen-bond donors (Lipinski definition) is 1. The number of nitrogens with one attached hydrogen (secondary N) is 1. The molecular weight excluding hydrogens is 308 g/mol. The Morgan fingerprint density at radius 1 is 0.917 bits per heavy atom. The van der Waals surface area contributed by atoms with Crippen LogP contribution in [0.5, 0.6) is 0 Å². The summed E-state index contributed by atoms with van der Waals surface area (Å²) in [6.45, 7) is 0. The van der Waals surface area contributed by atoms with Crippen LogP contribution < -0.4 is 5.11 Å². The molecule has 24 heavy (non-hydrogen) atoms. The van der Waals surface area contributed by atoms with Crippen LogP contribution in [0.3, 0.4) is 0 Å². The Labute approximate surface area is 135 Å². The molecule has 6 nitrogen and oxygen atoms in total. The van der Waals surface area contributed by atoms with Crippen LogP contribution in [0.25, 0.3) is 11.3 Å². The van der Waals surface area contributed by atoms with Gasteiger partial charge in [-0.05, 0) is 0 Å². The van der Waals surface area contributed by atoms with Gasteiger partial charge in [0.1, 0.15) is 11.4 Å². The Kier molecular flexibility index (Phi) is 2.93. The van der Waals surface area contributed by atoms with E-state index in [4.69, 9.17) is 0 Å². The molecule has 0 unspecified atom stereocenters. The second-order valence-corrected chi connectivity index (χ2v) is 5.35. The number of hydrogen-bond acceptors (Lipinski definition) is 5. The zero-order chi connectivity index (χ0) is 16.8. The third-order valence-electron chi connectivity index (χ3n) is 3.96. The van der Waals surface area contributed by atoms with Crippen molar-refractivity contribution in [3.05, 3.63) is 76.7 Å². The molecule has 0 saturated heterocycles. The smallest absolute Gasteiger partial charge is 0.228 e.